The maximum absolute atomic E-state index is 10.6. The summed E-state index contributed by atoms with van der Waals surface area (Å²) in [6.45, 7) is 0.780. The first-order valence-corrected chi connectivity index (χ1v) is 10.2. The first-order valence-electron chi connectivity index (χ1n) is 8.80. The van der Waals surface area contributed by atoms with Crippen LogP contribution in [0.25, 0.3) is 0 Å². The van der Waals surface area contributed by atoms with Gasteiger partial charge in [-0.3, -0.25) is 10.1 Å². The number of rotatable bonds is 10. The number of ether oxygens (including phenoxy) is 2. The molecule has 0 atom stereocenters. The van der Waals surface area contributed by atoms with E-state index in [2.05, 4.69) is 10.2 Å². The van der Waals surface area contributed by atoms with Crippen LogP contribution < -0.4 is 9.47 Å². The molecule has 0 fully saturated rings. The van der Waals surface area contributed by atoms with Gasteiger partial charge in [-0.05, 0) is 30.7 Å². The molecule has 8 nitrogen and oxygen atoms in total. The first kappa shape index (κ1) is 20.9. The number of hydrogen-bond acceptors (Lipinski definition) is 7. The van der Waals surface area contributed by atoms with Gasteiger partial charge in [-0.2, -0.15) is 0 Å². The molecule has 0 aliphatic rings. The molecule has 29 heavy (non-hydrogen) atoms. The highest BCUT2D eigenvalue weighted by Gasteiger charge is 2.11. The first-order chi connectivity index (χ1) is 14.0. The summed E-state index contributed by atoms with van der Waals surface area (Å²) in [5.74, 6) is 2.72. The molecule has 0 radical (unpaired) electrons. The Morgan fingerprint density at radius 1 is 1.14 bits per heavy atom. The van der Waals surface area contributed by atoms with E-state index < -0.39 is 4.92 Å². The molecule has 152 valence electrons. The third-order valence-corrected chi connectivity index (χ3v) is 5.37. The zero-order valence-electron chi connectivity index (χ0n) is 15.7. The number of para-hydroxylation sites is 1. The molecule has 0 unspecified atom stereocenters. The van der Waals surface area contributed by atoms with Crippen molar-refractivity contribution in [2.75, 3.05) is 12.4 Å². The van der Waals surface area contributed by atoms with Crippen LogP contribution in [0.3, 0.4) is 0 Å². The van der Waals surface area contributed by atoms with E-state index in [-0.39, 0.29) is 12.3 Å². The second kappa shape index (κ2) is 10.1. The third-order valence-electron chi connectivity index (χ3n) is 3.95. The fourth-order valence-electron chi connectivity index (χ4n) is 2.38. The van der Waals surface area contributed by atoms with Crippen molar-refractivity contribution in [3.63, 3.8) is 0 Å². The van der Waals surface area contributed by atoms with Gasteiger partial charge in [0.15, 0.2) is 11.0 Å². The van der Waals surface area contributed by atoms with E-state index in [1.165, 1.54) is 12.1 Å². The molecule has 0 saturated carbocycles. The number of halogens is 1. The van der Waals surface area contributed by atoms with Crippen molar-refractivity contribution in [1.82, 2.24) is 14.8 Å². The molecule has 0 N–H and O–H groups in total. The van der Waals surface area contributed by atoms with Gasteiger partial charge in [-0.1, -0.05) is 35.5 Å². The van der Waals surface area contributed by atoms with Crippen molar-refractivity contribution in [3.05, 3.63) is 69.5 Å². The molecule has 10 heteroatoms. The summed E-state index contributed by atoms with van der Waals surface area (Å²) in [6.07, 6.45) is 0.792. The van der Waals surface area contributed by atoms with Gasteiger partial charge >= 0.3 is 0 Å². The molecule has 0 aliphatic heterocycles. The Morgan fingerprint density at radius 2 is 1.90 bits per heavy atom. The van der Waals surface area contributed by atoms with Crippen molar-refractivity contribution in [2.45, 2.75) is 18.2 Å². The van der Waals surface area contributed by atoms with Crippen LogP contribution in [0.4, 0.5) is 5.69 Å². The number of nitro benzene ring substituents is 1. The Morgan fingerprint density at radius 3 is 2.62 bits per heavy atom. The fourth-order valence-corrected chi connectivity index (χ4v) is 3.41. The molecular weight excluding hydrogens is 416 g/mol. The normalized spacial score (nSPS) is 10.7. The Labute approximate surface area is 177 Å². The lowest BCUT2D eigenvalue weighted by atomic mass is 10.3. The van der Waals surface area contributed by atoms with Crippen molar-refractivity contribution >= 4 is 29.1 Å². The highest BCUT2D eigenvalue weighted by molar-refractivity contribution is 7.99. The molecule has 0 aliphatic carbocycles. The van der Waals surface area contributed by atoms with Crippen molar-refractivity contribution < 1.29 is 14.4 Å². The highest BCUT2D eigenvalue weighted by atomic mass is 35.5. The number of non-ortho nitro benzene ring substituents is 1. The Kier molecular flexibility index (Phi) is 7.31. The standard InChI is InChI=1S/C19H19ClN4O4S/c1-23-18(13-28-17-6-3-2-5-16(17)20)21-22-19(23)29-12-4-11-27-15-9-7-14(8-10-15)24(25)26/h2-3,5-10H,4,11-13H2,1H3. The van der Waals surface area contributed by atoms with Gasteiger partial charge in [0.05, 0.1) is 16.6 Å². The van der Waals surface area contributed by atoms with Gasteiger partial charge in [0.2, 0.25) is 0 Å². The summed E-state index contributed by atoms with van der Waals surface area (Å²) in [7, 11) is 1.89. The second-order valence-corrected chi connectivity index (χ2v) is 7.45. The second-order valence-electron chi connectivity index (χ2n) is 5.98. The molecular formula is C19H19ClN4O4S. The molecule has 3 rings (SSSR count). The Balaban J connectivity index is 1.41. The highest BCUT2D eigenvalue weighted by Crippen LogP contribution is 2.24. The predicted octanol–water partition coefficient (Wildman–Crippen LogP) is 4.52. The zero-order valence-corrected chi connectivity index (χ0v) is 17.2. The molecule has 0 amide bonds. The number of benzene rings is 2. The number of aromatic nitrogens is 3. The number of nitrogens with zero attached hydrogens (tertiary/aromatic N) is 4. The van der Waals surface area contributed by atoms with E-state index in [1.807, 2.05) is 23.7 Å². The quantitative estimate of drug-likeness (QED) is 0.200. The van der Waals surface area contributed by atoms with Crippen LogP contribution >= 0.6 is 23.4 Å². The van der Waals surface area contributed by atoms with E-state index in [0.717, 1.165) is 17.3 Å². The van der Waals surface area contributed by atoms with E-state index in [4.69, 9.17) is 21.1 Å². The van der Waals surface area contributed by atoms with Gasteiger partial charge in [-0.15, -0.1) is 10.2 Å². The third kappa shape index (κ3) is 5.85. The van der Waals surface area contributed by atoms with E-state index in [0.29, 0.717) is 29.0 Å². The van der Waals surface area contributed by atoms with Gasteiger partial charge in [-0.25, -0.2) is 0 Å². The van der Waals surface area contributed by atoms with Crippen LogP contribution in [0.5, 0.6) is 11.5 Å². The summed E-state index contributed by atoms with van der Waals surface area (Å²) < 4.78 is 13.2. The lowest BCUT2D eigenvalue weighted by Crippen LogP contribution is -2.05. The van der Waals surface area contributed by atoms with E-state index in [1.54, 1.807) is 36.0 Å². The Bertz CT molecular complexity index is 965. The maximum Gasteiger partial charge on any atom is 0.269 e. The average molecular weight is 435 g/mol. The lowest BCUT2D eigenvalue weighted by molar-refractivity contribution is -0.384. The fraction of sp³-hybridized carbons (Fsp3) is 0.263. The summed E-state index contributed by atoms with van der Waals surface area (Å²) in [5.41, 5.74) is 0.0458. The SMILES string of the molecule is Cn1c(COc2ccccc2Cl)nnc1SCCCOc1ccc([N+](=O)[O-])cc1. The van der Waals surface area contributed by atoms with Gasteiger partial charge < -0.3 is 14.0 Å². The largest absolute Gasteiger partial charge is 0.494 e. The van der Waals surface area contributed by atoms with Gasteiger partial charge in [0, 0.05) is 24.9 Å². The van der Waals surface area contributed by atoms with Crippen molar-refractivity contribution in [2.24, 2.45) is 7.05 Å². The number of thioether (sulfide) groups is 1. The number of hydrogen-bond donors (Lipinski definition) is 0. The van der Waals surface area contributed by atoms with Gasteiger partial charge in [0.1, 0.15) is 18.1 Å². The molecule has 0 spiro atoms. The van der Waals surface area contributed by atoms with E-state index in [9.17, 15) is 10.1 Å². The van der Waals surface area contributed by atoms with Crippen molar-refractivity contribution in [3.8, 4) is 11.5 Å². The van der Waals surface area contributed by atoms with Crippen LogP contribution in [0.15, 0.2) is 53.7 Å². The van der Waals surface area contributed by atoms with Crippen LogP contribution in [-0.2, 0) is 13.7 Å². The molecule has 2 aromatic carbocycles. The minimum atomic E-state index is -0.435. The topological polar surface area (TPSA) is 92.3 Å². The molecule has 0 saturated heterocycles. The summed E-state index contributed by atoms with van der Waals surface area (Å²) >= 11 is 7.66. The molecule has 3 aromatic rings. The maximum atomic E-state index is 10.6. The van der Waals surface area contributed by atoms with Crippen LogP contribution in [0.2, 0.25) is 5.02 Å². The van der Waals surface area contributed by atoms with Crippen molar-refractivity contribution in [1.29, 1.82) is 0 Å². The van der Waals surface area contributed by atoms with E-state index >= 15 is 0 Å². The molecule has 0 bridgehead atoms. The lowest BCUT2D eigenvalue weighted by Gasteiger charge is -2.08. The van der Waals surface area contributed by atoms with Gasteiger partial charge in [0.25, 0.3) is 5.69 Å². The average Bonchev–Trinajstić information content (AvgIpc) is 3.07. The molecule has 1 heterocycles. The Hall–Kier alpha value is -2.78. The summed E-state index contributed by atoms with van der Waals surface area (Å²) in [4.78, 5) is 10.2. The molecule has 1 aromatic heterocycles. The minimum absolute atomic E-state index is 0.0458. The minimum Gasteiger partial charge on any atom is -0.494 e. The van der Waals surface area contributed by atoms with Crippen LogP contribution in [-0.4, -0.2) is 32.0 Å². The summed E-state index contributed by atoms with van der Waals surface area (Å²) in [5, 5.41) is 20.3. The predicted molar refractivity (Wildman–Crippen MR) is 111 cm³/mol. The number of nitro groups is 1. The smallest absolute Gasteiger partial charge is 0.269 e. The zero-order chi connectivity index (χ0) is 20.6. The monoisotopic (exact) mass is 434 g/mol. The van der Waals surface area contributed by atoms with Crippen LogP contribution in [0, 0.1) is 10.1 Å². The van der Waals surface area contributed by atoms with Crippen LogP contribution in [0.1, 0.15) is 12.2 Å². The summed E-state index contributed by atoms with van der Waals surface area (Å²) in [6, 6.07) is 13.3.